The maximum Gasteiger partial charge on any atom is 0.408 e. The van der Waals surface area contributed by atoms with E-state index in [2.05, 4.69) is 20.5 Å². The Labute approximate surface area is 339 Å². The van der Waals surface area contributed by atoms with E-state index in [1.807, 2.05) is 42.6 Å². The van der Waals surface area contributed by atoms with Crippen molar-refractivity contribution in [1.82, 2.24) is 34.9 Å². The van der Waals surface area contributed by atoms with Gasteiger partial charge in [-0.05, 0) is 101 Å². The Balaban J connectivity index is 1.07. The normalized spacial score (nSPS) is 26.3. The van der Waals surface area contributed by atoms with E-state index in [4.69, 9.17) is 9.47 Å². The van der Waals surface area contributed by atoms with Gasteiger partial charge in [-0.3, -0.25) is 28.6 Å². The van der Waals surface area contributed by atoms with E-state index in [0.717, 1.165) is 24.0 Å². The Morgan fingerprint density at radius 2 is 1.84 bits per heavy atom. The summed E-state index contributed by atoms with van der Waals surface area (Å²) in [5.74, 6) is -2.16. The lowest BCUT2D eigenvalue weighted by molar-refractivity contribution is -0.141. The van der Waals surface area contributed by atoms with Gasteiger partial charge in [0.1, 0.15) is 35.6 Å². The Hall–Kier alpha value is -4.93. The molecular weight excluding hydrogens is 767 g/mol. The van der Waals surface area contributed by atoms with Crippen LogP contribution in [0.1, 0.15) is 96.1 Å². The Morgan fingerprint density at radius 3 is 2.59 bits per heavy atom. The average molecular weight is 822 g/mol. The number of nitrogens with one attached hydrogen (secondary N) is 3. The van der Waals surface area contributed by atoms with Crippen LogP contribution in [-0.4, -0.2) is 99.3 Å². The molecule has 3 aliphatic heterocycles. The van der Waals surface area contributed by atoms with Gasteiger partial charge in [0.05, 0.1) is 11.8 Å². The first-order chi connectivity index (χ1) is 27.6. The highest BCUT2D eigenvalue weighted by Gasteiger charge is 2.62. The molecule has 3 N–H and O–H groups in total. The van der Waals surface area contributed by atoms with E-state index >= 15 is 0 Å². The highest BCUT2D eigenvalue weighted by atomic mass is 32.2. The predicted octanol–water partition coefficient (Wildman–Crippen LogP) is 3.31. The van der Waals surface area contributed by atoms with Crippen LogP contribution in [0.5, 0.6) is 5.75 Å². The molecule has 5 amide bonds. The third kappa shape index (κ3) is 9.84. The van der Waals surface area contributed by atoms with E-state index in [-0.39, 0.29) is 31.7 Å². The van der Waals surface area contributed by atoms with Crippen LogP contribution in [0.25, 0.3) is 0 Å². The topological polar surface area (TPSA) is 198 Å². The summed E-state index contributed by atoms with van der Waals surface area (Å²) >= 11 is 0. The number of rotatable bonds is 10. The third-order valence-corrected chi connectivity index (χ3v) is 13.3. The first kappa shape index (κ1) is 41.2. The molecule has 58 heavy (non-hydrogen) atoms. The summed E-state index contributed by atoms with van der Waals surface area (Å²) < 4.78 is 41.2. The monoisotopic (exact) mass is 821 g/mol. The highest BCUT2D eigenvalue weighted by molar-refractivity contribution is 7.91. The maximum absolute atomic E-state index is 14.5. The molecule has 0 radical (unpaired) electrons. The van der Waals surface area contributed by atoms with Crippen LogP contribution >= 0.6 is 0 Å². The SMILES string of the molecule is CC(C)(C)OC(=O)N[C@H]1CCCCCC=C[C@@H]2C[C@@]2(C(=O)NS(=O)(=O)C2CC2)NC(=O)C2C[C@@H](CC(=O)N3Cc4ccc(OCCn5cccn5)cc4C3)CN2C1=O. The molecule has 5 aliphatic rings. The van der Waals surface area contributed by atoms with Gasteiger partial charge in [-0.1, -0.05) is 31.1 Å². The second kappa shape index (κ2) is 16.7. The van der Waals surface area contributed by atoms with Crippen LogP contribution < -0.4 is 20.1 Å². The first-order valence-corrected chi connectivity index (χ1v) is 22.0. The lowest BCUT2D eigenvalue weighted by atomic mass is 10.00. The number of carbonyl (C=O) groups is 5. The summed E-state index contributed by atoms with van der Waals surface area (Å²) in [6, 6.07) is 5.57. The summed E-state index contributed by atoms with van der Waals surface area (Å²) in [5, 5.41) is 9.19. The van der Waals surface area contributed by atoms with Crippen LogP contribution in [0.4, 0.5) is 4.79 Å². The van der Waals surface area contributed by atoms with Gasteiger partial charge >= 0.3 is 6.09 Å². The number of hydrogen-bond acceptors (Lipinski definition) is 10. The van der Waals surface area contributed by atoms with Gasteiger partial charge < -0.3 is 29.9 Å². The fourth-order valence-corrected chi connectivity index (χ4v) is 9.55. The molecule has 2 aliphatic carbocycles. The van der Waals surface area contributed by atoms with Crippen molar-refractivity contribution in [2.75, 3.05) is 13.2 Å². The lowest BCUT2D eigenvalue weighted by Crippen LogP contribution is -2.58. The fourth-order valence-electron chi connectivity index (χ4n) is 8.19. The number of aromatic nitrogens is 2. The van der Waals surface area contributed by atoms with Crippen molar-refractivity contribution in [1.29, 1.82) is 0 Å². The zero-order valence-electron chi connectivity index (χ0n) is 33.5. The predicted molar refractivity (Wildman–Crippen MR) is 211 cm³/mol. The molecule has 16 nitrogen and oxygen atoms in total. The molecule has 0 bridgehead atoms. The summed E-state index contributed by atoms with van der Waals surface area (Å²) in [7, 11) is -3.90. The molecule has 314 valence electrons. The van der Waals surface area contributed by atoms with Crippen LogP contribution in [-0.2, 0) is 53.6 Å². The molecule has 1 aromatic heterocycles. The van der Waals surface area contributed by atoms with E-state index in [9.17, 15) is 32.4 Å². The zero-order valence-corrected chi connectivity index (χ0v) is 34.3. The quantitative estimate of drug-likeness (QED) is 0.299. The third-order valence-electron chi connectivity index (χ3n) is 11.5. The molecular formula is C41H55N7O9S. The highest BCUT2D eigenvalue weighted by Crippen LogP contribution is 2.46. The minimum atomic E-state index is -3.90. The number of ether oxygens (including phenoxy) is 2. The smallest absolute Gasteiger partial charge is 0.408 e. The molecule has 17 heteroatoms. The minimum absolute atomic E-state index is 0.0650. The van der Waals surface area contributed by atoms with Gasteiger partial charge in [0, 0.05) is 44.4 Å². The van der Waals surface area contributed by atoms with Crippen molar-refractivity contribution >= 4 is 39.7 Å². The molecule has 0 spiro atoms. The van der Waals surface area contributed by atoms with Crippen molar-refractivity contribution < 1.29 is 41.9 Å². The second-order valence-corrected chi connectivity index (χ2v) is 19.3. The number of carbonyl (C=O) groups excluding carboxylic acids is 5. The number of allylic oxidation sites excluding steroid dienone is 1. The number of sulfonamides is 1. The largest absolute Gasteiger partial charge is 0.492 e. The molecule has 3 fully saturated rings. The summed E-state index contributed by atoms with van der Waals surface area (Å²) in [6.07, 6.45) is 11.1. The molecule has 4 heterocycles. The molecule has 1 saturated heterocycles. The van der Waals surface area contributed by atoms with Gasteiger partial charge in [0.25, 0.3) is 5.91 Å². The summed E-state index contributed by atoms with van der Waals surface area (Å²) in [4.78, 5) is 72.7. The van der Waals surface area contributed by atoms with E-state index in [1.54, 1.807) is 36.5 Å². The number of alkyl carbamates (subject to hydrolysis) is 1. The van der Waals surface area contributed by atoms with E-state index < -0.39 is 74.1 Å². The van der Waals surface area contributed by atoms with Crippen LogP contribution in [0.2, 0.25) is 0 Å². The Bertz CT molecular complexity index is 2030. The first-order valence-electron chi connectivity index (χ1n) is 20.4. The number of hydrogen-bond donors (Lipinski definition) is 3. The lowest BCUT2D eigenvalue weighted by Gasteiger charge is -2.30. The molecule has 2 aromatic rings. The maximum atomic E-state index is 14.5. The fraction of sp³-hybridized carbons (Fsp3) is 0.610. The van der Waals surface area contributed by atoms with Crippen molar-refractivity contribution in [3.05, 3.63) is 59.9 Å². The van der Waals surface area contributed by atoms with E-state index in [0.29, 0.717) is 64.1 Å². The number of amides is 5. The van der Waals surface area contributed by atoms with Gasteiger partial charge in [-0.25, -0.2) is 13.2 Å². The van der Waals surface area contributed by atoms with Crippen molar-refractivity contribution in [3.8, 4) is 5.75 Å². The molecule has 1 unspecified atom stereocenters. The molecule has 2 saturated carbocycles. The zero-order chi connectivity index (χ0) is 41.2. The molecule has 1 aromatic carbocycles. The van der Waals surface area contributed by atoms with Gasteiger partial charge in [-0.2, -0.15) is 5.10 Å². The van der Waals surface area contributed by atoms with Crippen molar-refractivity contribution in [2.24, 2.45) is 11.8 Å². The number of benzene rings is 1. The number of nitrogens with zero attached hydrogens (tertiary/aromatic N) is 4. The average Bonchev–Trinajstić information content (AvgIpc) is 3.94. The van der Waals surface area contributed by atoms with Crippen LogP contribution in [0.15, 0.2) is 48.8 Å². The standard InChI is InChI=1S/C41H55N7O9S/c1-40(2,3)57-39(53)43-33-11-8-6-4-5-7-10-30-23-41(30,38(52)45-58(54,55)32-14-15-32)44-36(50)34-20-27(24-48(34)37(33)51)21-35(49)46-25-28-12-13-31(22-29(28)26-46)56-19-18-47-17-9-16-42-47/h7,9-10,12-13,16-17,22,27,30,32-34H,4-6,8,11,14-15,18-21,23-26H2,1-3H3,(H,43,53)(H,44,50)(H,45,52)/t27-,30+,33-,34?,41+/m0/s1. The van der Waals surface area contributed by atoms with Gasteiger partial charge in [-0.15, -0.1) is 0 Å². The molecule has 7 rings (SSSR count). The number of fused-ring (bicyclic) bond motifs is 3. The van der Waals surface area contributed by atoms with Crippen LogP contribution in [0, 0.1) is 11.8 Å². The summed E-state index contributed by atoms with van der Waals surface area (Å²) in [5.41, 5.74) is -0.323. The molecule has 5 atom stereocenters. The Kier molecular flexibility index (Phi) is 11.9. The summed E-state index contributed by atoms with van der Waals surface area (Å²) in [6.45, 7) is 7.09. The van der Waals surface area contributed by atoms with Crippen molar-refractivity contribution in [2.45, 2.75) is 133 Å². The van der Waals surface area contributed by atoms with Crippen molar-refractivity contribution in [3.63, 3.8) is 0 Å². The minimum Gasteiger partial charge on any atom is -0.492 e. The van der Waals surface area contributed by atoms with Crippen LogP contribution in [0.3, 0.4) is 0 Å². The van der Waals surface area contributed by atoms with Gasteiger partial charge in [0.2, 0.25) is 27.7 Å². The Morgan fingerprint density at radius 1 is 1.05 bits per heavy atom. The van der Waals surface area contributed by atoms with Gasteiger partial charge in [0.15, 0.2) is 0 Å². The van der Waals surface area contributed by atoms with E-state index in [1.165, 1.54) is 4.90 Å². The second-order valence-electron chi connectivity index (χ2n) is 17.3.